The number of piperazine rings is 1. The normalized spacial score (nSPS) is 16.4. The molecule has 2 heterocycles. The van der Waals surface area contributed by atoms with Gasteiger partial charge in [-0.3, -0.25) is 4.98 Å². The van der Waals surface area contributed by atoms with E-state index in [0.717, 1.165) is 5.69 Å². The van der Waals surface area contributed by atoms with Crippen LogP contribution in [0.2, 0.25) is 15.1 Å². The van der Waals surface area contributed by atoms with Crippen LogP contribution in [-0.2, 0) is 10.0 Å². The molecule has 0 unspecified atom stereocenters. The smallest absolute Gasteiger partial charge is 0.246 e. The standard InChI is InChI=1S/C15H14Cl3N3O2S/c16-11-2-1-3-12(17)15(11)24(22,23)21-8-6-20(7-9-21)14-4-5-19-10-13(14)18/h1-5,10H,6-9H2. The highest BCUT2D eigenvalue weighted by atomic mass is 35.5. The van der Waals surface area contributed by atoms with E-state index in [1.165, 1.54) is 16.4 Å². The average Bonchev–Trinajstić information content (AvgIpc) is 2.55. The Bertz CT molecular complexity index is 833. The molecule has 1 saturated heterocycles. The van der Waals surface area contributed by atoms with Crippen LogP contribution in [0.15, 0.2) is 41.6 Å². The lowest BCUT2D eigenvalue weighted by Gasteiger charge is -2.35. The van der Waals surface area contributed by atoms with Crippen molar-refractivity contribution in [1.82, 2.24) is 9.29 Å². The van der Waals surface area contributed by atoms with E-state index >= 15 is 0 Å². The molecule has 1 aliphatic rings. The molecule has 0 aliphatic carbocycles. The van der Waals surface area contributed by atoms with Crippen LogP contribution < -0.4 is 4.90 Å². The Morgan fingerprint density at radius 1 is 0.917 bits per heavy atom. The molecular weight excluding hydrogens is 393 g/mol. The number of hydrogen-bond donors (Lipinski definition) is 0. The van der Waals surface area contributed by atoms with Gasteiger partial charge in [-0.2, -0.15) is 4.31 Å². The molecule has 1 aliphatic heterocycles. The molecule has 0 amide bonds. The van der Waals surface area contributed by atoms with Crippen molar-refractivity contribution in [3.8, 4) is 0 Å². The molecule has 0 bridgehead atoms. The second-order valence-corrected chi connectivity index (χ2v) is 8.37. The fourth-order valence-corrected chi connectivity index (χ4v) is 5.40. The van der Waals surface area contributed by atoms with Gasteiger partial charge in [0, 0.05) is 38.6 Å². The summed E-state index contributed by atoms with van der Waals surface area (Å²) >= 11 is 18.3. The van der Waals surface area contributed by atoms with Crippen molar-refractivity contribution in [2.45, 2.75) is 4.90 Å². The summed E-state index contributed by atoms with van der Waals surface area (Å²) < 4.78 is 27.1. The van der Waals surface area contributed by atoms with E-state index in [0.29, 0.717) is 31.2 Å². The number of anilines is 1. The van der Waals surface area contributed by atoms with Crippen LogP contribution in [0.25, 0.3) is 0 Å². The number of benzene rings is 1. The molecule has 1 aromatic carbocycles. The Balaban J connectivity index is 1.81. The highest BCUT2D eigenvalue weighted by Crippen LogP contribution is 2.32. The third-order valence-electron chi connectivity index (χ3n) is 3.85. The van der Waals surface area contributed by atoms with Crippen LogP contribution in [0.4, 0.5) is 5.69 Å². The minimum Gasteiger partial charge on any atom is -0.368 e. The molecule has 0 saturated carbocycles. The second kappa shape index (κ2) is 7.06. The second-order valence-electron chi connectivity index (χ2n) is 5.27. The van der Waals surface area contributed by atoms with Crippen molar-refractivity contribution in [3.05, 3.63) is 51.7 Å². The Labute approximate surface area is 155 Å². The number of halogens is 3. The van der Waals surface area contributed by atoms with Gasteiger partial charge in [0.2, 0.25) is 10.0 Å². The van der Waals surface area contributed by atoms with Crippen molar-refractivity contribution in [2.75, 3.05) is 31.1 Å². The summed E-state index contributed by atoms with van der Waals surface area (Å²) in [6, 6.07) is 6.48. The summed E-state index contributed by atoms with van der Waals surface area (Å²) in [5.74, 6) is 0. The fourth-order valence-electron chi connectivity index (χ4n) is 2.65. The first-order chi connectivity index (χ1) is 11.4. The highest BCUT2D eigenvalue weighted by Gasteiger charge is 2.32. The van der Waals surface area contributed by atoms with E-state index < -0.39 is 10.0 Å². The van der Waals surface area contributed by atoms with Crippen LogP contribution in [-0.4, -0.2) is 43.9 Å². The molecule has 0 N–H and O–H groups in total. The summed E-state index contributed by atoms with van der Waals surface area (Å²) in [5, 5.41) is 0.798. The van der Waals surface area contributed by atoms with E-state index in [4.69, 9.17) is 34.8 Å². The minimum atomic E-state index is -3.74. The van der Waals surface area contributed by atoms with Crippen LogP contribution >= 0.6 is 34.8 Å². The van der Waals surface area contributed by atoms with Crippen molar-refractivity contribution in [1.29, 1.82) is 0 Å². The van der Waals surface area contributed by atoms with Gasteiger partial charge >= 0.3 is 0 Å². The Kier molecular flexibility index (Phi) is 5.22. The Hall–Kier alpha value is -1.05. The molecular formula is C15H14Cl3N3O2S. The topological polar surface area (TPSA) is 53.5 Å². The van der Waals surface area contributed by atoms with Crippen molar-refractivity contribution in [2.24, 2.45) is 0 Å². The summed E-state index contributed by atoms with van der Waals surface area (Å²) in [6.45, 7) is 1.68. The Morgan fingerprint density at radius 2 is 1.54 bits per heavy atom. The van der Waals surface area contributed by atoms with Crippen molar-refractivity contribution >= 4 is 50.5 Å². The SMILES string of the molecule is O=S(=O)(c1c(Cl)cccc1Cl)N1CCN(c2ccncc2Cl)CC1. The first-order valence-electron chi connectivity index (χ1n) is 7.20. The van der Waals surface area contributed by atoms with Crippen LogP contribution in [0.1, 0.15) is 0 Å². The average molecular weight is 407 g/mol. The van der Waals surface area contributed by atoms with Gasteiger partial charge in [0.1, 0.15) is 4.90 Å². The highest BCUT2D eigenvalue weighted by molar-refractivity contribution is 7.89. The largest absolute Gasteiger partial charge is 0.368 e. The van der Waals surface area contributed by atoms with Crippen LogP contribution in [0.5, 0.6) is 0 Å². The van der Waals surface area contributed by atoms with Crippen molar-refractivity contribution < 1.29 is 8.42 Å². The zero-order valence-corrected chi connectivity index (χ0v) is 15.6. The number of nitrogens with zero attached hydrogens (tertiary/aromatic N) is 3. The third kappa shape index (κ3) is 3.34. The first-order valence-corrected chi connectivity index (χ1v) is 9.77. The predicted octanol–water partition coefficient (Wildman–Crippen LogP) is 3.55. The van der Waals surface area contributed by atoms with Crippen LogP contribution in [0, 0.1) is 0 Å². The first kappa shape index (κ1) is 17.8. The van der Waals surface area contributed by atoms with E-state index in [2.05, 4.69) is 4.98 Å². The summed E-state index contributed by atoms with van der Waals surface area (Å²) in [7, 11) is -3.74. The molecule has 5 nitrogen and oxygen atoms in total. The summed E-state index contributed by atoms with van der Waals surface area (Å²) in [6.07, 6.45) is 3.23. The molecule has 0 spiro atoms. The lowest BCUT2D eigenvalue weighted by atomic mass is 10.3. The molecule has 1 aromatic heterocycles. The van der Waals surface area contributed by atoms with Gasteiger partial charge < -0.3 is 4.90 Å². The maximum Gasteiger partial charge on any atom is 0.246 e. The maximum absolute atomic E-state index is 12.8. The van der Waals surface area contributed by atoms with Gasteiger partial charge in [-0.15, -0.1) is 0 Å². The molecule has 3 rings (SSSR count). The lowest BCUT2D eigenvalue weighted by Crippen LogP contribution is -2.48. The van der Waals surface area contributed by atoms with Gasteiger partial charge in [-0.05, 0) is 18.2 Å². The van der Waals surface area contributed by atoms with E-state index in [1.807, 2.05) is 11.0 Å². The number of aromatic nitrogens is 1. The molecule has 2 aromatic rings. The molecule has 24 heavy (non-hydrogen) atoms. The molecule has 9 heteroatoms. The zero-order chi connectivity index (χ0) is 17.3. The van der Waals surface area contributed by atoms with Gasteiger partial charge in [-0.1, -0.05) is 40.9 Å². The van der Waals surface area contributed by atoms with Crippen LogP contribution in [0.3, 0.4) is 0 Å². The molecule has 1 fully saturated rings. The number of pyridine rings is 1. The monoisotopic (exact) mass is 405 g/mol. The zero-order valence-electron chi connectivity index (χ0n) is 12.5. The van der Waals surface area contributed by atoms with Gasteiger partial charge in [0.15, 0.2) is 0 Å². The van der Waals surface area contributed by atoms with E-state index in [1.54, 1.807) is 18.5 Å². The number of hydrogen-bond acceptors (Lipinski definition) is 4. The van der Waals surface area contributed by atoms with Gasteiger partial charge in [0.05, 0.1) is 20.8 Å². The quantitative estimate of drug-likeness (QED) is 0.782. The summed E-state index contributed by atoms with van der Waals surface area (Å²) in [4.78, 5) is 5.95. The molecule has 128 valence electrons. The fraction of sp³-hybridized carbons (Fsp3) is 0.267. The lowest BCUT2D eigenvalue weighted by molar-refractivity contribution is 0.385. The summed E-state index contributed by atoms with van der Waals surface area (Å²) in [5.41, 5.74) is 0.847. The van der Waals surface area contributed by atoms with Gasteiger partial charge in [-0.25, -0.2) is 8.42 Å². The van der Waals surface area contributed by atoms with E-state index in [-0.39, 0.29) is 14.9 Å². The molecule has 0 atom stereocenters. The molecule has 0 radical (unpaired) electrons. The predicted molar refractivity (Wildman–Crippen MR) is 96.7 cm³/mol. The third-order valence-corrected chi connectivity index (χ3v) is 6.99. The van der Waals surface area contributed by atoms with E-state index in [9.17, 15) is 8.42 Å². The Morgan fingerprint density at radius 3 is 2.12 bits per heavy atom. The maximum atomic E-state index is 12.8. The number of rotatable bonds is 3. The minimum absolute atomic E-state index is 0.0382. The number of sulfonamides is 1. The van der Waals surface area contributed by atoms with Gasteiger partial charge in [0.25, 0.3) is 0 Å². The van der Waals surface area contributed by atoms with Crippen molar-refractivity contribution in [3.63, 3.8) is 0 Å².